The van der Waals surface area contributed by atoms with E-state index in [0.717, 1.165) is 28.1 Å². The highest BCUT2D eigenvalue weighted by Gasteiger charge is 2.28. The van der Waals surface area contributed by atoms with E-state index < -0.39 is 0 Å². The number of aromatic amines is 1. The predicted molar refractivity (Wildman–Crippen MR) is 90.4 cm³/mol. The van der Waals surface area contributed by atoms with Gasteiger partial charge in [-0.1, -0.05) is 29.0 Å². The lowest BCUT2D eigenvalue weighted by atomic mass is 10.1. The Morgan fingerprint density at radius 2 is 2.29 bits per heavy atom. The van der Waals surface area contributed by atoms with E-state index in [0.29, 0.717) is 6.04 Å². The number of nitrogens with one attached hydrogen (secondary N) is 1. The molecule has 6 heteroatoms. The number of fused-ring (bicyclic) bond motifs is 1. The summed E-state index contributed by atoms with van der Waals surface area (Å²) in [5.74, 6) is 0.751. The van der Waals surface area contributed by atoms with Crippen LogP contribution >= 0.6 is 22.6 Å². The molecule has 21 heavy (non-hydrogen) atoms. The van der Waals surface area contributed by atoms with Gasteiger partial charge in [0.15, 0.2) is 5.65 Å². The van der Waals surface area contributed by atoms with Crippen molar-refractivity contribution in [1.29, 1.82) is 0 Å². The van der Waals surface area contributed by atoms with Crippen molar-refractivity contribution in [3.8, 4) is 11.1 Å². The Morgan fingerprint density at radius 1 is 1.33 bits per heavy atom. The van der Waals surface area contributed by atoms with Gasteiger partial charge in [-0.15, -0.1) is 5.10 Å². The topological polar surface area (TPSA) is 59.4 Å². The van der Waals surface area contributed by atoms with Crippen molar-refractivity contribution in [3.05, 3.63) is 30.9 Å². The Hall–Kier alpha value is -1.44. The highest BCUT2D eigenvalue weighted by atomic mass is 127. The molecule has 108 valence electrons. The van der Waals surface area contributed by atoms with E-state index in [9.17, 15) is 0 Å². The van der Waals surface area contributed by atoms with Crippen LogP contribution in [0.15, 0.2) is 30.9 Å². The van der Waals surface area contributed by atoms with Gasteiger partial charge in [-0.2, -0.15) is 10.2 Å². The predicted octanol–water partition coefficient (Wildman–Crippen LogP) is 3.60. The molecule has 0 spiro atoms. The molecule has 5 nitrogen and oxygen atoms in total. The highest BCUT2D eigenvalue weighted by Crippen LogP contribution is 2.37. The third kappa shape index (κ3) is 2.25. The highest BCUT2D eigenvalue weighted by molar-refractivity contribution is 14.1. The zero-order chi connectivity index (χ0) is 14.2. The van der Waals surface area contributed by atoms with Crippen LogP contribution in [0.2, 0.25) is 0 Å². The molecule has 3 aromatic rings. The molecule has 1 N–H and O–H groups in total. The first-order valence-corrected chi connectivity index (χ1v) is 8.78. The molecule has 0 aromatic carbocycles. The average molecular weight is 393 g/mol. The lowest BCUT2D eigenvalue weighted by Crippen LogP contribution is -2.15. The summed E-state index contributed by atoms with van der Waals surface area (Å²) >= 11 is 2.50. The van der Waals surface area contributed by atoms with Gasteiger partial charge in [0.25, 0.3) is 0 Å². The molecule has 1 aliphatic carbocycles. The molecule has 1 aliphatic rings. The molecule has 1 fully saturated rings. The number of hydrogen-bond donors (Lipinski definition) is 1. The van der Waals surface area contributed by atoms with E-state index in [1.165, 1.54) is 23.7 Å². The zero-order valence-electron chi connectivity index (χ0n) is 11.5. The van der Waals surface area contributed by atoms with Crippen molar-refractivity contribution >= 4 is 33.6 Å². The summed E-state index contributed by atoms with van der Waals surface area (Å²) in [4.78, 5) is 3.11. The van der Waals surface area contributed by atoms with Crippen molar-refractivity contribution in [3.63, 3.8) is 0 Å². The van der Waals surface area contributed by atoms with Gasteiger partial charge >= 0.3 is 0 Å². The first-order valence-electron chi connectivity index (χ1n) is 7.26. The Labute approximate surface area is 136 Å². The number of alkyl halides is 1. The minimum atomic E-state index is 0.548. The van der Waals surface area contributed by atoms with Crippen LogP contribution in [0.3, 0.4) is 0 Å². The number of nitrogens with zero attached hydrogens (tertiary/aromatic N) is 4. The van der Waals surface area contributed by atoms with Crippen molar-refractivity contribution in [2.75, 3.05) is 4.43 Å². The summed E-state index contributed by atoms with van der Waals surface area (Å²) in [6, 6.07) is 2.59. The number of rotatable bonds is 3. The molecule has 3 heterocycles. The molecule has 0 bridgehead atoms. The first kappa shape index (κ1) is 13.2. The maximum Gasteiger partial charge on any atom is 0.160 e. The second-order valence-corrected chi connectivity index (χ2v) is 6.50. The second-order valence-electron chi connectivity index (χ2n) is 5.62. The zero-order valence-corrected chi connectivity index (χ0v) is 13.7. The maximum absolute atomic E-state index is 4.62. The quantitative estimate of drug-likeness (QED) is 0.547. The molecular weight excluding hydrogens is 377 g/mol. The van der Waals surface area contributed by atoms with E-state index >= 15 is 0 Å². The third-order valence-corrected chi connectivity index (χ3v) is 5.56. The van der Waals surface area contributed by atoms with Gasteiger partial charge in [0, 0.05) is 33.3 Å². The lowest BCUT2D eigenvalue weighted by molar-refractivity contribution is 0.383. The summed E-state index contributed by atoms with van der Waals surface area (Å²) in [6.45, 7) is 0. The largest absolute Gasteiger partial charge is 0.345 e. The Kier molecular flexibility index (Phi) is 3.40. The van der Waals surface area contributed by atoms with Crippen LogP contribution in [0.25, 0.3) is 22.2 Å². The fourth-order valence-electron chi connectivity index (χ4n) is 3.31. The maximum atomic E-state index is 4.62. The Morgan fingerprint density at radius 3 is 3.19 bits per heavy atom. The second kappa shape index (κ2) is 5.40. The van der Waals surface area contributed by atoms with E-state index in [1.807, 2.05) is 24.7 Å². The van der Waals surface area contributed by atoms with Gasteiger partial charge in [-0.05, 0) is 24.8 Å². The van der Waals surface area contributed by atoms with E-state index in [-0.39, 0.29) is 0 Å². The molecule has 0 aliphatic heterocycles. The molecule has 0 saturated heterocycles. The Balaban J connectivity index is 1.73. The summed E-state index contributed by atoms with van der Waals surface area (Å²) in [7, 11) is 0. The standard InChI is InChI=1S/C15H16IN5/c16-6-10-2-1-3-14(10)21-9-11(7-19-21)13-8-18-20-15-12(13)4-5-17-15/h4-5,7-10,14H,1-3,6H2,(H,17,20). The van der Waals surface area contributed by atoms with E-state index in [4.69, 9.17) is 0 Å². The number of halogens is 1. The van der Waals surface area contributed by atoms with Crippen molar-refractivity contribution in [2.24, 2.45) is 5.92 Å². The van der Waals surface area contributed by atoms with Gasteiger partial charge in [-0.25, -0.2) is 0 Å². The van der Waals surface area contributed by atoms with Crippen LogP contribution in [0.5, 0.6) is 0 Å². The SMILES string of the molecule is ICC1CCCC1n1cc(-c2cnnc3[nH]ccc23)cn1. The van der Waals surface area contributed by atoms with Crippen molar-refractivity contribution in [2.45, 2.75) is 25.3 Å². The minimum Gasteiger partial charge on any atom is -0.345 e. The lowest BCUT2D eigenvalue weighted by Gasteiger charge is -2.17. The fourth-order valence-corrected chi connectivity index (χ4v) is 4.34. The average Bonchev–Trinajstić information content (AvgIpc) is 3.24. The van der Waals surface area contributed by atoms with Crippen LogP contribution in [-0.2, 0) is 0 Å². The number of H-pyrrole nitrogens is 1. The van der Waals surface area contributed by atoms with Gasteiger partial charge in [-0.3, -0.25) is 4.68 Å². The number of hydrogen-bond acceptors (Lipinski definition) is 3. The normalized spacial score (nSPS) is 22.1. The molecular formula is C15H16IN5. The van der Waals surface area contributed by atoms with Gasteiger partial charge < -0.3 is 4.98 Å². The van der Waals surface area contributed by atoms with Crippen LogP contribution in [0.1, 0.15) is 25.3 Å². The molecule has 2 unspecified atom stereocenters. The molecule has 2 atom stereocenters. The van der Waals surface area contributed by atoms with Crippen LogP contribution in [-0.4, -0.2) is 29.4 Å². The van der Waals surface area contributed by atoms with Crippen LogP contribution < -0.4 is 0 Å². The summed E-state index contributed by atoms with van der Waals surface area (Å²) in [5.41, 5.74) is 3.04. The number of aromatic nitrogens is 5. The van der Waals surface area contributed by atoms with Gasteiger partial charge in [0.2, 0.25) is 0 Å². The van der Waals surface area contributed by atoms with Crippen LogP contribution in [0.4, 0.5) is 0 Å². The third-order valence-electron chi connectivity index (χ3n) is 4.43. The van der Waals surface area contributed by atoms with Gasteiger partial charge in [0.05, 0.1) is 18.4 Å². The molecule has 1 saturated carbocycles. The summed E-state index contributed by atoms with van der Waals surface area (Å²) in [6.07, 6.45) is 11.7. The van der Waals surface area contributed by atoms with E-state index in [1.54, 1.807) is 0 Å². The minimum absolute atomic E-state index is 0.548. The molecule has 0 radical (unpaired) electrons. The van der Waals surface area contributed by atoms with Crippen LogP contribution in [0, 0.1) is 5.92 Å². The summed E-state index contributed by atoms with van der Waals surface area (Å²) < 4.78 is 3.36. The van der Waals surface area contributed by atoms with Gasteiger partial charge in [0.1, 0.15) is 0 Å². The molecule has 0 amide bonds. The fraction of sp³-hybridized carbons (Fsp3) is 0.400. The molecule has 4 rings (SSSR count). The van der Waals surface area contributed by atoms with Crippen molar-refractivity contribution < 1.29 is 0 Å². The summed E-state index contributed by atoms with van der Waals surface area (Å²) in [5, 5.41) is 13.9. The Bertz CT molecular complexity index is 762. The van der Waals surface area contributed by atoms with E-state index in [2.05, 4.69) is 53.7 Å². The molecule has 3 aromatic heterocycles. The monoisotopic (exact) mass is 393 g/mol. The first-order chi connectivity index (χ1) is 10.4. The smallest absolute Gasteiger partial charge is 0.160 e. The van der Waals surface area contributed by atoms with Crippen molar-refractivity contribution in [1.82, 2.24) is 25.0 Å².